The molecule has 0 spiro atoms. The first-order valence-corrected chi connectivity index (χ1v) is 6.29. The number of carbonyl (C=O) groups excluding carboxylic acids is 2. The average Bonchev–Trinajstić information content (AvgIpc) is 2.63. The standard InChI is InChI=1S/C12H20N2O2/c1-2-11(15)13-10-6-7-14(8-10)12(16)9-4-3-5-9/h9-10H,2-8H2,1H3,(H,13,15)/t10-/m1/s1. The molecule has 0 aromatic carbocycles. The Morgan fingerprint density at radius 3 is 2.62 bits per heavy atom. The van der Waals surface area contributed by atoms with Crippen LogP contribution < -0.4 is 5.32 Å². The molecule has 1 aliphatic carbocycles. The quantitative estimate of drug-likeness (QED) is 0.774. The van der Waals surface area contributed by atoms with E-state index < -0.39 is 0 Å². The maximum absolute atomic E-state index is 11.9. The molecule has 0 radical (unpaired) electrons. The van der Waals surface area contributed by atoms with Gasteiger partial charge in [-0.1, -0.05) is 13.3 Å². The maximum atomic E-state index is 11.9. The molecular formula is C12H20N2O2. The molecule has 2 fully saturated rings. The van der Waals surface area contributed by atoms with Crippen LogP contribution in [0.5, 0.6) is 0 Å². The molecule has 4 heteroatoms. The van der Waals surface area contributed by atoms with Gasteiger partial charge in [-0.25, -0.2) is 0 Å². The number of nitrogens with one attached hydrogen (secondary N) is 1. The Balaban J connectivity index is 1.78. The molecule has 4 nitrogen and oxygen atoms in total. The highest BCUT2D eigenvalue weighted by Gasteiger charge is 2.33. The molecular weight excluding hydrogens is 204 g/mol. The van der Waals surface area contributed by atoms with E-state index in [0.717, 1.165) is 25.8 Å². The van der Waals surface area contributed by atoms with E-state index in [1.165, 1.54) is 6.42 Å². The van der Waals surface area contributed by atoms with Crippen molar-refractivity contribution in [1.29, 1.82) is 0 Å². The molecule has 1 aliphatic heterocycles. The number of rotatable bonds is 3. The Morgan fingerprint density at radius 2 is 2.06 bits per heavy atom. The molecule has 0 aromatic rings. The van der Waals surface area contributed by atoms with Gasteiger partial charge >= 0.3 is 0 Å². The molecule has 1 N–H and O–H groups in total. The van der Waals surface area contributed by atoms with Gasteiger partial charge in [-0.2, -0.15) is 0 Å². The minimum Gasteiger partial charge on any atom is -0.352 e. The second-order valence-corrected chi connectivity index (χ2v) is 4.82. The lowest BCUT2D eigenvalue weighted by atomic mass is 9.84. The summed E-state index contributed by atoms with van der Waals surface area (Å²) < 4.78 is 0. The lowest BCUT2D eigenvalue weighted by Crippen LogP contribution is -2.41. The van der Waals surface area contributed by atoms with Gasteiger partial charge in [0, 0.05) is 31.5 Å². The summed E-state index contributed by atoms with van der Waals surface area (Å²) in [6, 6.07) is 0.177. The van der Waals surface area contributed by atoms with Gasteiger partial charge in [0.15, 0.2) is 0 Å². The van der Waals surface area contributed by atoms with E-state index in [1.807, 2.05) is 11.8 Å². The molecule has 1 saturated heterocycles. The van der Waals surface area contributed by atoms with Crippen molar-refractivity contribution in [1.82, 2.24) is 10.2 Å². The highest BCUT2D eigenvalue weighted by molar-refractivity contribution is 5.80. The zero-order valence-corrected chi connectivity index (χ0v) is 9.87. The van der Waals surface area contributed by atoms with Crippen molar-refractivity contribution in [3.05, 3.63) is 0 Å². The Kier molecular flexibility index (Phi) is 3.46. The van der Waals surface area contributed by atoms with Crippen molar-refractivity contribution in [2.24, 2.45) is 5.92 Å². The van der Waals surface area contributed by atoms with E-state index in [-0.39, 0.29) is 17.9 Å². The molecule has 2 rings (SSSR count). The van der Waals surface area contributed by atoms with Crippen LogP contribution in [0.2, 0.25) is 0 Å². The monoisotopic (exact) mass is 224 g/mol. The summed E-state index contributed by atoms with van der Waals surface area (Å²) in [7, 11) is 0. The van der Waals surface area contributed by atoms with Gasteiger partial charge in [0.1, 0.15) is 0 Å². The minimum atomic E-state index is 0.0861. The predicted molar refractivity (Wildman–Crippen MR) is 60.8 cm³/mol. The third-order valence-corrected chi connectivity index (χ3v) is 3.64. The van der Waals surface area contributed by atoms with Crippen LogP contribution in [0.15, 0.2) is 0 Å². The highest BCUT2D eigenvalue weighted by Crippen LogP contribution is 2.29. The predicted octanol–water partition coefficient (Wildman–Crippen LogP) is 0.914. The van der Waals surface area contributed by atoms with Gasteiger partial charge < -0.3 is 10.2 Å². The fourth-order valence-corrected chi connectivity index (χ4v) is 2.32. The van der Waals surface area contributed by atoms with E-state index in [9.17, 15) is 9.59 Å². The van der Waals surface area contributed by atoms with Gasteiger partial charge in [0.05, 0.1) is 0 Å². The summed E-state index contributed by atoms with van der Waals surface area (Å²) in [5.41, 5.74) is 0. The second kappa shape index (κ2) is 4.85. The van der Waals surface area contributed by atoms with Crippen molar-refractivity contribution in [3.63, 3.8) is 0 Å². The van der Waals surface area contributed by atoms with Crippen LogP contribution in [-0.2, 0) is 9.59 Å². The van der Waals surface area contributed by atoms with E-state index in [4.69, 9.17) is 0 Å². The number of amides is 2. The summed E-state index contributed by atoms with van der Waals surface area (Å²) in [6.07, 6.45) is 4.74. The van der Waals surface area contributed by atoms with E-state index >= 15 is 0 Å². The van der Waals surface area contributed by atoms with Crippen LogP contribution in [0.3, 0.4) is 0 Å². The number of hydrogen-bond acceptors (Lipinski definition) is 2. The third-order valence-electron chi connectivity index (χ3n) is 3.64. The molecule has 2 amide bonds. The summed E-state index contributed by atoms with van der Waals surface area (Å²) >= 11 is 0. The van der Waals surface area contributed by atoms with Crippen molar-refractivity contribution < 1.29 is 9.59 Å². The van der Waals surface area contributed by atoms with E-state index in [0.29, 0.717) is 18.9 Å². The van der Waals surface area contributed by atoms with Gasteiger partial charge in [-0.3, -0.25) is 9.59 Å². The van der Waals surface area contributed by atoms with Crippen LogP contribution in [-0.4, -0.2) is 35.8 Å². The van der Waals surface area contributed by atoms with Crippen LogP contribution >= 0.6 is 0 Å². The normalized spacial score (nSPS) is 25.3. The van der Waals surface area contributed by atoms with Gasteiger partial charge in [0.2, 0.25) is 11.8 Å². The van der Waals surface area contributed by atoms with Crippen molar-refractivity contribution >= 4 is 11.8 Å². The number of carbonyl (C=O) groups is 2. The lowest BCUT2D eigenvalue weighted by molar-refractivity contribution is -0.137. The molecule has 90 valence electrons. The van der Waals surface area contributed by atoms with Crippen LogP contribution in [0.4, 0.5) is 0 Å². The molecule has 1 atom stereocenters. The molecule has 2 aliphatic rings. The average molecular weight is 224 g/mol. The molecule has 0 bridgehead atoms. The molecule has 1 saturated carbocycles. The zero-order chi connectivity index (χ0) is 11.5. The first kappa shape index (κ1) is 11.4. The molecule has 0 unspecified atom stereocenters. The molecule has 0 aromatic heterocycles. The fourth-order valence-electron chi connectivity index (χ4n) is 2.32. The topological polar surface area (TPSA) is 49.4 Å². The van der Waals surface area contributed by atoms with E-state index in [2.05, 4.69) is 5.32 Å². The fraction of sp³-hybridized carbons (Fsp3) is 0.833. The summed E-state index contributed by atoms with van der Waals surface area (Å²) in [6.45, 7) is 3.37. The summed E-state index contributed by atoms with van der Waals surface area (Å²) in [5, 5.41) is 2.96. The second-order valence-electron chi connectivity index (χ2n) is 4.82. The Bertz CT molecular complexity index is 287. The first-order valence-electron chi connectivity index (χ1n) is 6.29. The summed E-state index contributed by atoms with van der Waals surface area (Å²) in [5.74, 6) is 0.670. The van der Waals surface area contributed by atoms with Crippen LogP contribution in [0, 0.1) is 5.92 Å². The van der Waals surface area contributed by atoms with Crippen molar-refractivity contribution in [2.75, 3.05) is 13.1 Å². The third kappa shape index (κ3) is 2.36. The maximum Gasteiger partial charge on any atom is 0.225 e. The minimum absolute atomic E-state index is 0.0861. The SMILES string of the molecule is CCC(=O)N[C@@H]1CCN(C(=O)C2CCC2)C1. The van der Waals surface area contributed by atoms with Crippen LogP contribution in [0.1, 0.15) is 39.0 Å². The Labute approximate surface area is 96.4 Å². The number of hydrogen-bond donors (Lipinski definition) is 1. The first-order chi connectivity index (χ1) is 7.70. The van der Waals surface area contributed by atoms with Crippen molar-refractivity contribution in [2.45, 2.75) is 45.1 Å². The van der Waals surface area contributed by atoms with Gasteiger partial charge in [-0.05, 0) is 19.3 Å². The largest absolute Gasteiger partial charge is 0.352 e. The number of likely N-dealkylation sites (tertiary alicyclic amines) is 1. The lowest BCUT2D eigenvalue weighted by Gasteiger charge is -2.29. The van der Waals surface area contributed by atoms with Gasteiger partial charge in [0.25, 0.3) is 0 Å². The van der Waals surface area contributed by atoms with Gasteiger partial charge in [-0.15, -0.1) is 0 Å². The highest BCUT2D eigenvalue weighted by atomic mass is 16.2. The molecule has 16 heavy (non-hydrogen) atoms. The Morgan fingerprint density at radius 1 is 1.31 bits per heavy atom. The van der Waals surface area contributed by atoms with Crippen LogP contribution in [0.25, 0.3) is 0 Å². The summed E-state index contributed by atoms with van der Waals surface area (Å²) in [4.78, 5) is 25.1. The Hall–Kier alpha value is -1.06. The van der Waals surface area contributed by atoms with E-state index in [1.54, 1.807) is 0 Å². The number of nitrogens with zero attached hydrogens (tertiary/aromatic N) is 1. The van der Waals surface area contributed by atoms with Crippen molar-refractivity contribution in [3.8, 4) is 0 Å². The smallest absolute Gasteiger partial charge is 0.225 e. The zero-order valence-electron chi connectivity index (χ0n) is 9.87. The molecule has 1 heterocycles.